The highest BCUT2D eigenvalue weighted by Crippen LogP contribution is 2.31. The van der Waals surface area contributed by atoms with Gasteiger partial charge in [0.1, 0.15) is 11.5 Å². The van der Waals surface area contributed by atoms with E-state index in [4.69, 9.17) is 9.40 Å². The van der Waals surface area contributed by atoms with Gasteiger partial charge in [0.2, 0.25) is 5.91 Å². The van der Waals surface area contributed by atoms with Crippen LogP contribution in [0, 0.1) is 5.92 Å². The number of furan rings is 1. The van der Waals surface area contributed by atoms with Crippen LogP contribution in [0.2, 0.25) is 0 Å². The minimum atomic E-state index is -0.0618. The van der Waals surface area contributed by atoms with Crippen LogP contribution in [0.5, 0.6) is 0 Å². The quantitative estimate of drug-likeness (QED) is 0.939. The number of carbonyl (C=O) groups excluding carboxylic acids is 1. The lowest BCUT2D eigenvalue weighted by Crippen LogP contribution is -2.32. The van der Waals surface area contributed by atoms with Crippen LogP contribution in [0.25, 0.3) is 11.5 Å². The fourth-order valence-electron chi connectivity index (χ4n) is 2.54. The van der Waals surface area contributed by atoms with Gasteiger partial charge in [-0.25, -0.2) is 4.98 Å². The van der Waals surface area contributed by atoms with Crippen LogP contribution in [0.3, 0.4) is 0 Å². The number of nitrogens with zero attached hydrogens (tertiary/aromatic N) is 2. The summed E-state index contributed by atoms with van der Waals surface area (Å²) in [5.74, 6) is 2.25. The summed E-state index contributed by atoms with van der Waals surface area (Å²) in [7, 11) is 0. The Morgan fingerprint density at radius 1 is 1.45 bits per heavy atom. The number of piperidine rings is 1. The maximum Gasteiger partial charge on any atom is 0.217 e. The van der Waals surface area contributed by atoms with Crippen molar-refractivity contribution in [2.75, 3.05) is 18.0 Å². The number of anilines is 1. The molecule has 1 amide bonds. The number of hydrogen-bond donors (Lipinski definition) is 1. The van der Waals surface area contributed by atoms with E-state index in [9.17, 15) is 4.79 Å². The van der Waals surface area contributed by atoms with Gasteiger partial charge in [-0.3, -0.25) is 4.79 Å². The standard InChI is InChI=1S/C16H21N3O2S/c1-11-5-7-19(8-6-11)16-18-14(10-22-16)15-4-3-13(21-15)9-17-12(2)20/h3-4,10-11H,5-9H2,1-2H3,(H,17,20). The molecule has 0 atom stereocenters. The molecule has 0 aromatic carbocycles. The monoisotopic (exact) mass is 319 g/mol. The Balaban J connectivity index is 1.67. The van der Waals surface area contributed by atoms with Crippen LogP contribution in [0.15, 0.2) is 21.9 Å². The van der Waals surface area contributed by atoms with Crippen molar-refractivity contribution in [2.45, 2.75) is 33.2 Å². The summed E-state index contributed by atoms with van der Waals surface area (Å²) in [6.07, 6.45) is 2.47. The first-order chi connectivity index (χ1) is 10.6. The van der Waals surface area contributed by atoms with Gasteiger partial charge in [-0.05, 0) is 30.9 Å². The summed E-state index contributed by atoms with van der Waals surface area (Å²) >= 11 is 1.66. The van der Waals surface area contributed by atoms with Crippen LogP contribution >= 0.6 is 11.3 Å². The summed E-state index contributed by atoms with van der Waals surface area (Å²) in [4.78, 5) is 18.0. The molecule has 22 heavy (non-hydrogen) atoms. The maximum absolute atomic E-state index is 10.9. The molecule has 1 N–H and O–H groups in total. The fourth-order valence-corrected chi connectivity index (χ4v) is 3.41. The third-order valence-electron chi connectivity index (χ3n) is 3.97. The Kier molecular flexibility index (Phi) is 4.47. The van der Waals surface area contributed by atoms with Gasteiger partial charge in [0.05, 0.1) is 6.54 Å². The first-order valence-electron chi connectivity index (χ1n) is 7.66. The molecule has 0 unspecified atom stereocenters. The predicted molar refractivity (Wildman–Crippen MR) is 87.9 cm³/mol. The molecular weight excluding hydrogens is 298 g/mol. The summed E-state index contributed by atoms with van der Waals surface area (Å²) in [6.45, 7) is 6.39. The maximum atomic E-state index is 10.9. The van der Waals surface area contributed by atoms with Crippen LogP contribution < -0.4 is 10.2 Å². The highest BCUT2D eigenvalue weighted by Gasteiger charge is 2.19. The number of amides is 1. The smallest absolute Gasteiger partial charge is 0.217 e. The topological polar surface area (TPSA) is 58.4 Å². The van der Waals surface area contributed by atoms with Gasteiger partial charge in [0, 0.05) is 25.4 Å². The minimum Gasteiger partial charge on any atom is -0.458 e. The van der Waals surface area contributed by atoms with Gasteiger partial charge >= 0.3 is 0 Å². The summed E-state index contributed by atoms with van der Waals surface area (Å²) < 4.78 is 5.75. The third kappa shape index (κ3) is 3.50. The van der Waals surface area contributed by atoms with Crippen molar-refractivity contribution in [3.8, 4) is 11.5 Å². The summed E-state index contributed by atoms with van der Waals surface area (Å²) in [5.41, 5.74) is 0.868. The van der Waals surface area contributed by atoms with Crippen molar-refractivity contribution in [1.82, 2.24) is 10.3 Å². The lowest BCUT2D eigenvalue weighted by molar-refractivity contribution is -0.119. The molecule has 0 bridgehead atoms. The van der Waals surface area contributed by atoms with Crippen molar-refractivity contribution in [3.05, 3.63) is 23.3 Å². The first kappa shape index (κ1) is 15.1. The normalized spacial score (nSPS) is 16.0. The number of thiazole rings is 1. The van der Waals surface area contributed by atoms with Crippen molar-refractivity contribution in [3.63, 3.8) is 0 Å². The fraction of sp³-hybridized carbons (Fsp3) is 0.500. The minimum absolute atomic E-state index is 0.0618. The molecular formula is C16H21N3O2S. The molecule has 0 aliphatic carbocycles. The number of rotatable bonds is 4. The van der Waals surface area contributed by atoms with Gasteiger partial charge < -0.3 is 14.6 Å². The van der Waals surface area contributed by atoms with Gasteiger partial charge in [0.15, 0.2) is 10.9 Å². The van der Waals surface area contributed by atoms with Gasteiger partial charge in [-0.2, -0.15) is 0 Å². The SMILES string of the molecule is CC(=O)NCc1ccc(-c2csc(N3CCC(C)CC3)n2)o1. The highest BCUT2D eigenvalue weighted by molar-refractivity contribution is 7.14. The summed E-state index contributed by atoms with van der Waals surface area (Å²) in [5, 5.41) is 5.84. The van der Waals surface area contributed by atoms with E-state index in [1.165, 1.54) is 19.8 Å². The Bertz CT molecular complexity index is 641. The van der Waals surface area contributed by atoms with Crippen molar-refractivity contribution in [1.29, 1.82) is 0 Å². The Morgan fingerprint density at radius 2 is 2.23 bits per heavy atom. The first-order valence-corrected chi connectivity index (χ1v) is 8.54. The molecule has 3 heterocycles. The molecule has 2 aromatic rings. The van der Waals surface area contributed by atoms with E-state index in [1.54, 1.807) is 11.3 Å². The lowest BCUT2D eigenvalue weighted by Gasteiger charge is -2.29. The average Bonchev–Trinajstić information content (AvgIpc) is 3.15. The van der Waals surface area contributed by atoms with E-state index >= 15 is 0 Å². The molecule has 1 saturated heterocycles. The Labute approximate surface area is 134 Å². The molecule has 1 fully saturated rings. The number of nitrogens with one attached hydrogen (secondary N) is 1. The zero-order valence-corrected chi connectivity index (χ0v) is 13.8. The van der Waals surface area contributed by atoms with Crippen LogP contribution in [-0.4, -0.2) is 24.0 Å². The van der Waals surface area contributed by atoms with Crippen molar-refractivity contribution in [2.24, 2.45) is 5.92 Å². The van der Waals surface area contributed by atoms with Gasteiger partial charge in [-0.15, -0.1) is 11.3 Å². The van der Waals surface area contributed by atoms with Crippen LogP contribution in [0.4, 0.5) is 5.13 Å². The largest absolute Gasteiger partial charge is 0.458 e. The van der Waals surface area contributed by atoms with E-state index < -0.39 is 0 Å². The zero-order chi connectivity index (χ0) is 15.5. The second kappa shape index (κ2) is 6.52. The molecule has 5 nitrogen and oxygen atoms in total. The van der Waals surface area contributed by atoms with E-state index in [-0.39, 0.29) is 5.91 Å². The second-order valence-electron chi connectivity index (χ2n) is 5.86. The summed E-state index contributed by atoms with van der Waals surface area (Å²) in [6, 6.07) is 3.79. The molecule has 0 spiro atoms. The number of aromatic nitrogens is 1. The molecule has 118 valence electrons. The predicted octanol–water partition coefficient (Wildman–Crippen LogP) is 3.28. The average molecular weight is 319 g/mol. The molecule has 3 rings (SSSR count). The Morgan fingerprint density at radius 3 is 2.95 bits per heavy atom. The molecule has 1 aliphatic rings. The molecule has 1 aliphatic heterocycles. The van der Waals surface area contributed by atoms with Crippen LogP contribution in [-0.2, 0) is 11.3 Å². The lowest BCUT2D eigenvalue weighted by atomic mass is 10.00. The van der Waals surface area contributed by atoms with Crippen molar-refractivity contribution < 1.29 is 9.21 Å². The van der Waals surface area contributed by atoms with E-state index in [1.807, 2.05) is 17.5 Å². The molecule has 6 heteroatoms. The number of hydrogen-bond acceptors (Lipinski definition) is 5. The van der Waals surface area contributed by atoms with E-state index in [0.29, 0.717) is 6.54 Å². The van der Waals surface area contributed by atoms with E-state index in [2.05, 4.69) is 17.1 Å². The van der Waals surface area contributed by atoms with E-state index in [0.717, 1.165) is 41.4 Å². The molecule has 2 aromatic heterocycles. The second-order valence-corrected chi connectivity index (χ2v) is 6.70. The Hall–Kier alpha value is -1.82. The third-order valence-corrected chi connectivity index (χ3v) is 4.87. The highest BCUT2D eigenvalue weighted by atomic mass is 32.1. The van der Waals surface area contributed by atoms with Gasteiger partial charge in [0.25, 0.3) is 0 Å². The zero-order valence-electron chi connectivity index (χ0n) is 13.0. The molecule has 0 radical (unpaired) electrons. The molecule has 0 saturated carbocycles. The van der Waals surface area contributed by atoms with Crippen molar-refractivity contribution >= 4 is 22.4 Å². The van der Waals surface area contributed by atoms with Crippen LogP contribution in [0.1, 0.15) is 32.4 Å². The number of carbonyl (C=O) groups is 1. The van der Waals surface area contributed by atoms with Gasteiger partial charge in [-0.1, -0.05) is 6.92 Å².